The van der Waals surface area contributed by atoms with Crippen LogP contribution in [0.4, 0.5) is 0 Å². The van der Waals surface area contributed by atoms with E-state index >= 15 is 0 Å². The first kappa shape index (κ1) is 10.7. The lowest BCUT2D eigenvalue weighted by molar-refractivity contribution is 0.354. The number of imidazole rings is 1. The Morgan fingerprint density at radius 3 is 3.00 bits per heavy atom. The van der Waals surface area contributed by atoms with Crippen molar-refractivity contribution in [2.75, 3.05) is 0 Å². The van der Waals surface area contributed by atoms with Gasteiger partial charge >= 0.3 is 0 Å². The minimum Gasteiger partial charge on any atom is -0.345 e. The maximum absolute atomic E-state index is 5.41. The number of rotatable bonds is 2. The standard InChI is InChI=1S/C14H14N4O/c1-2-4-9(3-1)14-17-13(18-19-14)10-5-6-11-12(7-10)16-8-15-11/h5-9H,1-4H2,(H,15,16). The smallest absolute Gasteiger partial charge is 0.230 e. The molecule has 5 nitrogen and oxygen atoms in total. The molecule has 5 heteroatoms. The van der Waals surface area contributed by atoms with Crippen LogP contribution in [0.5, 0.6) is 0 Å². The second-order valence-corrected chi connectivity index (χ2v) is 5.07. The highest BCUT2D eigenvalue weighted by molar-refractivity contribution is 5.79. The Morgan fingerprint density at radius 1 is 1.21 bits per heavy atom. The normalized spacial score (nSPS) is 16.4. The lowest BCUT2D eigenvalue weighted by Gasteiger charge is -1.99. The van der Waals surface area contributed by atoms with E-state index in [1.165, 1.54) is 25.7 Å². The van der Waals surface area contributed by atoms with E-state index in [1.54, 1.807) is 6.33 Å². The zero-order valence-electron chi connectivity index (χ0n) is 10.5. The fraction of sp³-hybridized carbons (Fsp3) is 0.357. The zero-order chi connectivity index (χ0) is 12.7. The molecule has 1 N–H and O–H groups in total. The number of benzene rings is 1. The van der Waals surface area contributed by atoms with Crippen molar-refractivity contribution in [2.45, 2.75) is 31.6 Å². The number of hydrogen-bond acceptors (Lipinski definition) is 4. The minimum absolute atomic E-state index is 0.456. The number of H-pyrrole nitrogens is 1. The summed E-state index contributed by atoms with van der Waals surface area (Å²) in [6.45, 7) is 0. The summed E-state index contributed by atoms with van der Waals surface area (Å²) < 4.78 is 5.41. The van der Waals surface area contributed by atoms with Crippen molar-refractivity contribution in [2.24, 2.45) is 0 Å². The summed E-state index contributed by atoms with van der Waals surface area (Å²) in [4.78, 5) is 11.8. The quantitative estimate of drug-likeness (QED) is 0.762. The van der Waals surface area contributed by atoms with E-state index in [0.717, 1.165) is 22.5 Å². The molecule has 1 fully saturated rings. The summed E-state index contributed by atoms with van der Waals surface area (Å²) in [5.41, 5.74) is 2.90. The molecule has 4 rings (SSSR count). The van der Waals surface area contributed by atoms with E-state index in [9.17, 15) is 0 Å². The van der Waals surface area contributed by atoms with E-state index in [0.29, 0.717) is 11.7 Å². The van der Waals surface area contributed by atoms with Gasteiger partial charge in [0.05, 0.1) is 17.4 Å². The Balaban J connectivity index is 1.70. The number of aromatic nitrogens is 4. The second kappa shape index (κ2) is 4.19. The average Bonchev–Trinajstić information content (AvgIpc) is 3.18. The predicted molar refractivity (Wildman–Crippen MR) is 70.6 cm³/mol. The Morgan fingerprint density at radius 2 is 2.11 bits per heavy atom. The molecule has 0 radical (unpaired) electrons. The summed E-state index contributed by atoms with van der Waals surface area (Å²) in [6, 6.07) is 5.95. The third kappa shape index (κ3) is 1.82. The van der Waals surface area contributed by atoms with Gasteiger partial charge in [-0.1, -0.05) is 18.0 Å². The Bertz CT molecular complexity index is 709. The Labute approximate surface area is 110 Å². The zero-order valence-corrected chi connectivity index (χ0v) is 10.5. The molecule has 3 aromatic rings. The van der Waals surface area contributed by atoms with Gasteiger partial charge in [0, 0.05) is 11.5 Å². The molecular weight excluding hydrogens is 240 g/mol. The van der Waals surface area contributed by atoms with Gasteiger partial charge in [-0.3, -0.25) is 0 Å². The number of nitrogens with zero attached hydrogens (tertiary/aromatic N) is 3. The van der Waals surface area contributed by atoms with Gasteiger partial charge in [0.1, 0.15) is 0 Å². The highest BCUT2D eigenvalue weighted by Gasteiger charge is 2.23. The number of nitrogens with one attached hydrogen (secondary N) is 1. The van der Waals surface area contributed by atoms with Crippen LogP contribution in [0.3, 0.4) is 0 Å². The van der Waals surface area contributed by atoms with E-state index in [2.05, 4.69) is 20.1 Å². The van der Waals surface area contributed by atoms with Crippen LogP contribution in [0.1, 0.15) is 37.5 Å². The van der Waals surface area contributed by atoms with Gasteiger partial charge in [0.2, 0.25) is 11.7 Å². The molecular formula is C14H14N4O. The monoisotopic (exact) mass is 254 g/mol. The molecule has 0 aliphatic heterocycles. The molecule has 1 aromatic carbocycles. The lowest BCUT2D eigenvalue weighted by Crippen LogP contribution is -1.91. The van der Waals surface area contributed by atoms with E-state index < -0.39 is 0 Å². The van der Waals surface area contributed by atoms with Gasteiger partial charge in [-0.05, 0) is 31.0 Å². The fourth-order valence-corrected chi connectivity index (χ4v) is 2.77. The Kier molecular flexibility index (Phi) is 2.36. The summed E-state index contributed by atoms with van der Waals surface area (Å²) >= 11 is 0. The van der Waals surface area contributed by atoms with Gasteiger partial charge < -0.3 is 9.51 Å². The van der Waals surface area contributed by atoms with Crippen molar-refractivity contribution < 1.29 is 4.52 Å². The van der Waals surface area contributed by atoms with Crippen molar-refractivity contribution in [1.82, 2.24) is 20.1 Å². The number of hydrogen-bond donors (Lipinski definition) is 1. The predicted octanol–water partition coefficient (Wildman–Crippen LogP) is 3.27. The molecule has 0 atom stereocenters. The van der Waals surface area contributed by atoms with Crippen molar-refractivity contribution in [1.29, 1.82) is 0 Å². The van der Waals surface area contributed by atoms with E-state index in [4.69, 9.17) is 4.52 Å². The maximum Gasteiger partial charge on any atom is 0.230 e. The van der Waals surface area contributed by atoms with Crippen LogP contribution in [0, 0.1) is 0 Å². The third-order valence-electron chi connectivity index (χ3n) is 3.82. The van der Waals surface area contributed by atoms with Crippen LogP contribution >= 0.6 is 0 Å². The molecule has 1 aliphatic carbocycles. The first-order chi connectivity index (χ1) is 9.40. The number of fused-ring (bicyclic) bond motifs is 1. The molecule has 0 amide bonds. The molecule has 0 spiro atoms. The SMILES string of the molecule is c1nc2ccc(-c3noc(C4CCCC4)n3)cc2[nH]1. The molecule has 2 aromatic heterocycles. The summed E-state index contributed by atoms with van der Waals surface area (Å²) in [6.07, 6.45) is 6.56. The van der Waals surface area contributed by atoms with Gasteiger partial charge in [0.25, 0.3) is 0 Å². The van der Waals surface area contributed by atoms with Crippen LogP contribution in [0.2, 0.25) is 0 Å². The average molecular weight is 254 g/mol. The van der Waals surface area contributed by atoms with Crippen molar-refractivity contribution in [3.05, 3.63) is 30.4 Å². The van der Waals surface area contributed by atoms with Crippen LogP contribution in [-0.4, -0.2) is 20.1 Å². The largest absolute Gasteiger partial charge is 0.345 e. The fourth-order valence-electron chi connectivity index (χ4n) is 2.77. The van der Waals surface area contributed by atoms with Gasteiger partial charge in [-0.15, -0.1) is 0 Å². The second-order valence-electron chi connectivity index (χ2n) is 5.07. The lowest BCUT2D eigenvalue weighted by atomic mass is 10.1. The molecule has 19 heavy (non-hydrogen) atoms. The summed E-state index contributed by atoms with van der Waals surface area (Å²) in [5.74, 6) is 1.91. The van der Waals surface area contributed by atoms with Gasteiger partial charge in [-0.25, -0.2) is 4.98 Å². The highest BCUT2D eigenvalue weighted by atomic mass is 16.5. The highest BCUT2D eigenvalue weighted by Crippen LogP contribution is 2.34. The number of aromatic amines is 1. The van der Waals surface area contributed by atoms with E-state index in [1.807, 2.05) is 18.2 Å². The molecule has 1 saturated carbocycles. The van der Waals surface area contributed by atoms with Gasteiger partial charge in [0.15, 0.2) is 0 Å². The van der Waals surface area contributed by atoms with Crippen molar-refractivity contribution >= 4 is 11.0 Å². The molecule has 2 heterocycles. The van der Waals surface area contributed by atoms with Crippen LogP contribution in [-0.2, 0) is 0 Å². The summed E-state index contributed by atoms with van der Waals surface area (Å²) in [7, 11) is 0. The minimum atomic E-state index is 0.456. The van der Waals surface area contributed by atoms with Crippen LogP contribution in [0.15, 0.2) is 29.0 Å². The topological polar surface area (TPSA) is 67.6 Å². The summed E-state index contributed by atoms with van der Waals surface area (Å²) in [5, 5.41) is 4.10. The van der Waals surface area contributed by atoms with Crippen molar-refractivity contribution in [3.8, 4) is 11.4 Å². The first-order valence-electron chi connectivity index (χ1n) is 6.67. The molecule has 0 bridgehead atoms. The molecule has 0 unspecified atom stereocenters. The first-order valence-corrected chi connectivity index (χ1v) is 6.67. The third-order valence-corrected chi connectivity index (χ3v) is 3.82. The van der Waals surface area contributed by atoms with Gasteiger partial charge in [-0.2, -0.15) is 4.98 Å². The van der Waals surface area contributed by atoms with Crippen LogP contribution < -0.4 is 0 Å². The Hall–Kier alpha value is -2.17. The van der Waals surface area contributed by atoms with E-state index in [-0.39, 0.29) is 0 Å². The molecule has 96 valence electrons. The van der Waals surface area contributed by atoms with Crippen molar-refractivity contribution in [3.63, 3.8) is 0 Å². The molecule has 1 aliphatic rings. The van der Waals surface area contributed by atoms with Crippen LogP contribution in [0.25, 0.3) is 22.4 Å². The maximum atomic E-state index is 5.41. The molecule has 0 saturated heterocycles.